The number of rotatable bonds is 6. The maximum atomic E-state index is 13.3. The topological polar surface area (TPSA) is 95.8 Å². The van der Waals surface area contributed by atoms with Crippen LogP contribution in [0.4, 0.5) is 21.9 Å². The Kier molecular flexibility index (Phi) is 6.82. The smallest absolute Gasteiger partial charge is 0.322 e. The fourth-order valence-electron chi connectivity index (χ4n) is 4.45. The molecule has 0 saturated carbocycles. The molecule has 8 heteroatoms. The van der Waals surface area contributed by atoms with Crippen LogP contribution >= 0.6 is 0 Å². The zero-order valence-electron chi connectivity index (χ0n) is 20.1. The predicted octanol–water partition coefficient (Wildman–Crippen LogP) is 5.60. The van der Waals surface area contributed by atoms with E-state index in [4.69, 9.17) is 0 Å². The molecule has 1 N–H and O–H groups in total. The molecular formula is C27H28N4O4. The molecule has 1 fully saturated rings. The van der Waals surface area contributed by atoms with Crippen LogP contribution in [0.5, 0.6) is 0 Å². The first-order valence-corrected chi connectivity index (χ1v) is 11.5. The molecule has 3 amide bonds. The number of benzene rings is 3. The fraction of sp³-hybridized carbons (Fsp3) is 0.259. The highest BCUT2D eigenvalue weighted by molar-refractivity contribution is 6.05. The number of carbonyl (C=O) groups excluding carboxylic acids is 2. The van der Waals surface area contributed by atoms with E-state index in [1.54, 1.807) is 42.2 Å². The average Bonchev–Trinajstić information content (AvgIpc) is 2.80. The van der Waals surface area contributed by atoms with Crippen molar-refractivity contribution in [2.24, 2.45) is 0 Å². The third-order valence-electron chi connectivity index (χ3n) is 6.05. The van der Waals surface area contributed by atoms with Gasteiger partial charge in [-0.2, -0.15) is 0 Å². The first-order chi connectivity index (χ1) is 16.7. The number of nitrogens with zero attached hydrogens (tertiary/aromatic N) is 3. The van der Waals surface area contributed by atoms with Gasteiger partial charge >= 0.3 is 6.03 Å². The number of aryl methyl sites for hydroxylation is 3. The fourth-order valence-corrected chi connectivity index (χ4v) is 4.45. The SMILES string of the molecule is Cc1cc(C)cc(CN2CCCN(c3cccc(NC(=O)c4ccc(C)c([N+](=O)[O-])c4)c3)C2=O)c1. The van der Waals surface area contributed by atoms with E-state index in [0.29, 0.717) is 36.6 Å². The van der Waals surface area contributed by atoms with Gasteiger partial charge in [0.15, 0.2) is 0 Å². The quantitative estimate of drug-likeness (QED) is 0.373. The number of carbonyl (C=O) groups is 2. The Bertz CT molecular complexity index is 1280. The Morgan fingerprint density at radius 1 is 1.00 bits per heavy atom. The Morgan fingerprint density at radius 3 is 2.46 bits per heavy atom. The number of nitrogens with one attached hydrogen (secondary N) is 1. The van der Waals surface area contributed by atoms with E-state index in [-0.39, 0.29) is 17.3 Å². The van der Waals surface area contributed by atoms with Crippen LogP contribution in [0, 0.1) is 30.9 Å². The summed E-state index contributed by atoms with van der Waals surface area (Å²) in [6, 6.07) is 17.7. The third kappa shape index (κ3) is 5.48. The van der Waals surface area contributed by atoms with E-state index in [0.717, 1.165) is 12.0 Å². The molecule has 0 bridgehead atoms. The lowest BCUT2D eigenvalue weighted by Gasteiger charge is -2.36. The molecule has 0 aliphatic carbocycles. The summed E-state index contributed by atoms with van der Waals surface area (Å²) in [5.74, 6) is -0.452. The minimum atomic E-state index is -0.501. The average molecular weight is 473 g/mol. The second-order valence-corrected chi connectivity index (χ2v) is 8.97. The number of nitro benzene ring substituents is 1. The largest absolute Gasteiger partial charge is 0.324 e. The molecule has 3 aromatic rings. The van der Waals surface area contributed by atoms with Crippen LogP contribution < -0.4 is 10.2 Å². The summed E-state index contributed by atoms with van der Waals surface area (Å²) >= 11 is 0. The molecular weight excluding hydrogens is 444 g/mol. The Balaban J connectivity index is 1.50. The maximum Gasteiger partial charge on any atom is 0.324 e. The van der Waals surface area contributed by atoms with Crippen LogP contribution in [0.2, 0.25) is 0 Å². The van der Waals surface area contributed by atoms with Crippen molar-refractivity contribution in [3.63, 3.8) is 0 Å². The van der Waals surface area contributed by atoms with E-state index in [1.807, 2.05) is 11.0 Å². The lowest BCUT2D eigenvalue weighted by atomic mass is 10.1. The summed E-state index contributed by atoms with van der Waals surface area (Å²) in [6.07, 6.45) is 0.833. The maximum absolute atomic E-state index is 13.3. The van der Waals surface area contributed by atoms with Gasteiger partial charge in [-0.1, -0.05) is 41.5 Å². The molecule has 1 aliphatic heterocycles. The minimum absolute atomic E-state index is 0.0759. The summed E-state index contributed by atoms with van der Waals surface area (Å²) in [5.41, 5.74) is 5.22. The number of amides is 3. The molecule has 1 aliphatic rings. The summed E-state index contributed by atoms with van der Waals surface area (Å²) in [6.45, 7) is 7.54. The highest BCUT2D eigenvalue weighted by Gasteiger charge is 2.27. The van der Waals surface area contributed by atoms with Crippen molar-refractivity contribution in [1.29, 1.82) is 0 Å². The van der Waals surface area contributed by atoms with Gasteiger partial charge in [-0.15, -0.1) is 0 Å². The Labute approximate surface area is 204 Å². The van der Waals surface area contributed by atoms with Gasteiger partial charge in [0.2, 0.25) is 0 Å². The zero-order chi connectivity index (χ0) is 25.1. The van der Waals surface area contributed by atoms with Crippen LogP contribution in [0.25, 0.3) is 0 Å². The molecule has 3 aromatic carbocycles. The molecule has 180 valence electrons. The van der Waals surface area contributed by atoms with E-state index in [1.165, 1.54) is 17.2 Å². The number of nitro groups is 1. The lowest BCUT2D eigenvalue weighted by molar-refractivity contribution is -0.385. The lowest BCUT2D eigenvalue weighted by Crippen LogP contribution is -2.49. The van der Waals surface area contributed by atoms with Crippen LogP contribution in [0.3, 0.4) is 0 Å². The first kappa shape index (κ1) is 23.9. The molecule has 0 unspecified atom stereocenters. The monoisotopic (exact) mass is 472 g/mol. The van der Waals surface area contributed by atoms with Crippen LogP contribution in [-0.2, 0) is 6.54 Å². The van der Waals surface area contributed by atoms with E-state index < -0.39 is 10.8 Å². The molecule has 0 radical (unpaired) electrons. The predicted molar refractivity (Wildman–Crippen MR) is 136 cm³/mol. The van der Waals surface area contributed by atoms with Gasteiger partial charge < -0.3 is 10.2 Å². The molecule has 1 saturated heterocycles. The van der Waals surface area contributed by atoms with Gasteiger partial charge in [-0.3, -0.25) is 19.8 Å². The van der Waals surface area contributed by atoms with Crippen molar-refractivity contribution in [2.75, 3.05) is 23.3 Å². The van der Waals surface area contributed by atoms with Gasteiger partial charge in [0, 0.05) is 48.2 Å². The number of urea groups is 1. The molecule has 4 rings (SSSR count). The van der Waals surface area contributed by atoms with E-state index in [2.05, 4.69) is 37.4 Å². The molecule has 8 nitrogen and oxygen atoms in total. The van der Waals surface area contributed by atoms with E-state index >= 15 is 0 Å². The number of hydrogen-bond acceptors (Lipinski definition) is 4. The van der Waals surface area contributed by atoms with E-state index in [9.17, 15) is 19.7 Å². The standard InChI is InChI=1S/C27H28N4O4/c1-18-12-19(2)14-21(13-18)17-29-10-5-11-30(27(29)33)24-7-4-6-23(16-24)28-26(32)22-9-8-20(3)25(15-22)31(34)35/h4,6-9,12-16H,5,10-11,17H2,1-3H3,(H,28,32). The first-order valence-electron chi connectivity index (χ1n) is 11.5. The van der Waals surface area contributed by atoms with Crippen LogP contribution in [0.15, 0.2) is 60.7 Å². The summed E-state index contributed by atoms with van der Waals surface area (Å²) in [7, 11) is 0. The number of anilines is 2. The van der Waals surface area contributed by atoms with Crippen molar-refractivity contribution in [3.8, 4) is 0 Å². The third-order valence-corrected chi connectivity index (χ3v) is 6.05. The molecule has 0 spiro atoms. The normalized spacial score (nSPS) is 13.6. The van der Waals surface area contributed by atoms with Gasteiger partial charge in [0.1, 0.15) is 0 Å². The highest BCUT2D eigenvalue weighted by atomic mass is 16.6. The van der Waals surface area contributed by atoms with Gasteiger partial charge in [0.25, 0.3) is 11.6 Å². The number of hydrogen-bond donors (Lipinski definition) is 1. The molecule has 35 heavy (non-hydrogen) atoms. The Morgan fingerprint density at radius 2 is 1.74 bits per heavy atom. The second-order valence-electron chi connectivity index (χ2n) is 8.97. The summed E-state index contributed by atoms with van der Waals surface area (Å²) < 4.78 is 0. The van der Waals surface area contributed by atoms with Crippen molar-refractivity contribution in [3.05, 3.63) is 98.6 Å². The molecule has 0 atom stereocenters. The van der Waals surface area contributed by atoms with Crippen molar-refractivity contribution >= 4 is 29.0 Å². The van der Waals surface area contributed by atoms with Crippen molar-refractivity contribution in [2.45, 2.75) is 33.7 Å². The van der Waals surface area contributed by atoms with Crippen LogP contribution in [-0.4, -0.2) is 34.9 Å². The zero-order valence-corrected chi connectivity index (χ0v) is 20.1. The van der Waals surface area contributed by atoms with Gasteiger partial charge in [-0.05, 0) is 57.0 Å². The Hall–Kier alpha value is -4.20. The summed E-state index contributed by atoms with van der Waals surface area (Å²) in [5, 5.41) is 14.0. The minimum Gasteiger partial charge on any atom is -0.322 e. The second kappa shape index (κ2) is 9.97. The summed E-state index contributed by atoms with van der Waals surface area (Å²) in [4.78, 5) is 40.3. The highest BCUT2D eigenvalue weighted by Crippen LogP contribution is 2.26. The molecule has 1 heterocycles. The van der Waals surface area contributed by atoms with Gasteiger partial charge in [0.05, 0.1) is 4.92 Å². The van der Waals surface area contributed by atoms with Gasteiger partial charge in [-0.25, -0.2) is 4.79 Å². The molecule has 0 aromatic heterocycles. The van der Waals surface area contributed by atoms with Crippen LogP contribution in [0.1, 0.15) is 39.0 Å². The van der Waals surface area contributed by atoms with Crippen molar-refractivity contribution in [1.82, 2.24) is 4.90 Å². The van der Waals surface area contributed by atoms with Crippen molar-refractivity contribution < 1.29 is 14.5 Å².